The molecule has 2 N–H and O–H groups in total. The van der Waals surface area contributed by atoms with E-state index in [1.807, 2.05) is 13.0 Å². The molecule has 0 aliphatic carbocycles. The average molecular weight is 403 g/mol. The number of nitrogens with two attached hydrogens (primary N) is 1. The fourth-order valence-electron chi connectivity index (χ4n) is 3.26. The van der Waals surface area contributed by atoms with Gasteiger partial charge in [-0.25, -0.2) is 9.50 Å². The number of methoxy groups -OCH3 is 1. The quantitative estimate of drug-likeness (QED) is 0.523. The fraction of sp³-hybridized carbons (Fsp3) is 0.263. The van der Waals surface area contributed by atoms with Crippen LogP contribution in [-0.2, 0) is 11.3 Å². The number of benzene rings is 1. The van der Waals surface area contributed by atoms with Crippen LogP contribution in [0.2, 0.25) is 5.15 Å². The van der Waals surface area contributed by atoms with Crippen molar-refractivity contribution < 1.29 is 9.47 Å². The van der Waals surface area contributed by atoms with Crippen molar-refractivity contribution in [3.8, 4) is 16.2 Å². The Labute approximate surface area is 165 Å². The van der Waals surface area contributed by atoms with Gasteiger partial charge in [0.05, 0.1) is 18.4 Å². The van der Waals surface area contributed by atoms with Crippen molar-refractivity contribution in [1.82, 2.24) is 14.6 Å². The van der Waals surface area contributed by atoms with E-state index in [0.717, 1.165) is 37.4 Å². The molecule has 0 unspecified atom stereocenters. The maximum atomic E-state index is 6.62. The highest BCUT2D eigenvalue weighted by molar-refractivity contribution is 7.22. The standard InChI is InChI=1S/C19H19ClN4O2S/c1-4-26-8-12-15(16-19(21)22-9-23-24(16)18(12)20)14-7-11-5-10(2)6-13(25-3)17(11)27-14/h5-7,9H,4,8H2,1-3H3,(H2,21,22,23). The third kappa shape index (κ3) is 2.92. The molecule has 0 radical (unpaired) electrons. The van der Waals surface area contributed by atoms with E-state index in [4.69, 9.17) is 26.8 Å². The minimum atomic E-state index is 0.373. The second-order valence-electron chi connectivity index (χ2n) is 6.18. The van der Waals surface area contributed by atoms with E-state index in [9.17, 15) is 0 Å². The molecule has 0 bridgehead atoms. The Hall–Kier alpha value is -2.35. The molecule has 3 aromatic heterocycles. The number of halogens is 1. The molecule has 0 fully saturated rings. The molecular weight excluding hydrogens is 384 g/mol. The summed E-state index contributed by atoms with van der Waals surface area (Å²) in [4.78, 5) is 5.18. The van der Waals surface area contributed by atoms with Crippen LogP contribution < -0.4 is 10.5 Å². The third-order valence-corrected chi connectivity index (χ3v) is 6.01. The first-order chi connectivity index (χ1) is 13.0. The largest absolute Gasteiger partial charge is 0.495 e. The van der Waals surface area contributed by atoms with Gasteiger partial charge in [0.25, 0.3) is 0 Å². The number of rotatable bonds is 5. The molecule has 4 rings (SSSR count). The number of hydrogen-bond donors (Lipinski definition) is 1. The lowest BCUT2D eigenvalue weighted by Crippen LogP contribution is -1.99. The number of aryl methyl sites for hydroxylation is 1. The molecule has 0 atom stereocenters. The molecule has 0 saturated heterocycles. The molecule has 0 aliphatic heterocycles. The maximum Gasteiger partial charge on any atom is 0.152 e. The van der Waals surface area contributed by atoms with E-state index in [-0.39, 0.29) is 0 Å². The highest BCUT2D eigenvalue weighted by atomic mass is 35.5. The minimum absolute atomic E-state index is 0.373. The van der Waals surface area contributed by atoms with Crippen LogP contribution in [0.25, 0.3) is 26.0 Å². The summed E-state index contributed by atoms with van der Waals surface area (Å²) in [5.41, 5.74) is 9.79. The molecule has 6 nitrogen and oxygen atoms in total. The van der Waals surface area contributed by atoms with Crippen LogP contribution in [0.5, 0.6) is 5.75 Å². The second kappa shape index (κ2) is 6.99. The second-order valence-corrected chi connectivity index (χ2v) is 7.59. The zero-order valence-corrected chi connectivity index (χ0v) is 16.8. The van der Waals surface area contributed by atoms with Crippen molar-refractivity contribution >= 4 is 44.4 Å². The Balaban J connectivity index is 2.04. The molecule has 0 aliphatic rings. The summed E-state index contributed by atoms with van der Waals surface area (Å²) < 4.78 is 13.9. The summed E-state index contributed by atoms with van der Waals surface area (Å²) in [7, 11) is 1.69. The first-order valence-electron chi connectivity index (χ1n) is 8.51. The Kier molecular flexibility index (Phi) is 4.67. The number of aromatic nitrogens is 3. The van der Waals surface area contributed by atoms with Gasteiger partial charge in [-0.3, -0.25) is 0 Å². The molecule has 0 amide bonds. The molecule has 4 aromatic rings. The van der Waals surface area contributed by atoms with Crippen LogP contribution in [0.1, 0.15) is 18.1 Å². The van der Waals surface area contributed by atoms with Gasteiger partial charge < -0.3 is 15.2 Å². The van der Waals surface area contributed by atoms with Crippen molar-refractivity contribution in [2.45, 2.75) is 20.5 Å². The highest BCUT2D eigenvalue weighted by Crippen LogP contribution is 2.45. The van der Waals surface area contributed by atoms with Crippen LogP contribution in [0.4, 0.5) is 5.82 Å². The molecule has 8 heteroatoms. The first-order valence-corrected chi connectivity index (χ1v) is 9.70. The maximum absolute atomic E-state index is 6.62. The smallest absolute Gasteiger partial charge is 0.152 e. The number of fused-ring (bicyclic) bond motifs is 2. The van der Waals surface area contributed by atoms with Crippen LogP contribution >= 0.6 is 22.9 Å². The van der Waals surface area contributed by atoms with E-state index >= 15 is 0 Å². The van der Waals surface area contributed by atoms with Crippen LogP contribution in [0, 0.1) is 6.92 Å². The molecule has 27 heavy (non-hydrogen) atoms. The predicted molar refractivity (Wildman–Crippen MR) is 110 cm³/mol. The summed E-state index contributed by atoms with van der Waals surface area (Å²) in [6, 6.07) is 6.30. The molecular formula is C19H19ClN4O2S. The van der Waals surface area contributed by atoms with Crippen LogP contribution in [0.15, 0.2) is 24.5 Å². The molecule has 140 valence electrons. The van der Waals surface area contributed by atoms with Crippen LogP contribution in [-0.4, -0.2) is 28.3 Å². The molecule has 0 saturated carbocycles. The van der Waals surface area contributed by atoms with E-state index in [1.165, 1.54) is 6.33 Å². The summed E-state index contributed by atoms with van der Waals surface area (Å²) >= 11 is 8.25. The zero-order chi connectivity index (χ0) is 19.1. The van der Waals surface area contributed by atoms with Gasteiger partial charge in [-0.1, -0.05) is 17.7 Å². The Morgan fingerprint density at radius 1 is 1.30 bits per heavy atom. The summed E-state index contributed by atoms with van der Waals surface area (Å²) in [5.74, 6) is 1.23. The number of nitrogen functional groups attached to an aromatic ring is 1. The number of anilines is 1. The summed E-state index contributed by atoms with van der Waals surface area (Å²) in [6.45, 7) is 4.96. The van der Waals surface area contributed by atoms with Gasteiger partial charge in [0, 0.05) is 22.6 Å². The van der Waals surface area contributed by atoms with Gasteiger partial charge in [-0.2, -0.15) is 5.10 Å². The van der Waals surface area contributed by atoms with Crippen LogP contribution in [0.3, 0.4) is 0 Å². The van der Waals surface area contributed by atoms with E-state index < -0.39 is 0 Å². The van der Waals surface area contributed by atoms with Gasteiger partial charge in [0.15, 0.2) is 5.82 Å². The fourth-order valence-corrected chi connectivity index (χ4v) is 4.75. The molecule has 3 heterocycles. The van der Waals surface area contributed by atoms with Gasteiger partial charge in [0.2, 0.25) is 0 Å². The number of ether oxygens (including phenoxy) is 2. The Morgan fingerprint density at radius 3 is 2.85 bits per heavy atom. The Bertz CT molecular complexity index is 1150. The zero-order valence-electron chi connectivity index (χ0n) is 15.2. The molecule has 1 aromatic carbocycles. The lowest BCUT2D eigenvalue weighted by Gasteiger charge is -2.04. The monoisotopic (exact) mass is 402 g/mol. The van der Waals surface area contributed by atoms with Gasteiger partial charge in [0.1, 0.15) is 22.7 Å². The third-order valence-electron chi connectivity index (χ3n) is 4.44. The predicted octanol–water partition coefficient (Wildman–Crippen LogP) is 4.70. The van der Waals surface area contributed by atoms with E-state index in [1.54, 1.807) is 23.0 Å². The van der Waals surface area contributed by atoms with Gasteiger partial charge in [-0.05, 0) is 36.9 Å². The van der Waals surface area contributed by atoms with Crippen molar-refractivity contribution in [2.75, 3.05) is 19.5 Å². The van der Waals surface area contributed by atoms with Crippen molar-refractivity contribution in [1.29, 1.82) is 0 Å². The summed E-state index contributed by atoms with van der Waals surface area (Å²) in [5, 5.41) is 5.88. The highest BCUT2D eigenvalue weighted by Gasteiger charge is 2.23. The number of hydrogen-bond acceptors (Lipinski definition) is 6. The van der Waals surface area contributed by atoms with Gasteiger partial charge >= 0.3 is 0 Å². The first kappa shape index (κ1) is 18.0. The number of nitrogens with zero attached hydrogens (tertiary/aromatic N) is 3. The minimum Gasteiger partial charge on any atom is -0.495 e. The Morgan fingerprint density at radius 2 is 2.11 bits per heavy atom. The topological polar surface area (TPSA) is 74.7 Å². The normalized spacial score (nSPS) is 11.6. The van der Waals surface area contributed by atoms with Crippen molar-refractivity contribution in [2.24, 2.45) is 0 Å². The van der Waals surface area contributed by atoms with E-state index in [0.29, 0.717) is 29.7 Å². The van der Waals surface area contributed by atoms with Gasteiger partial charge in [-0.15, -0.1) is 11.3 Å². The van der Waals surface area contributed by atoms with Crippen molar-refractivity contribution in [3.63, 3.8) is 0 Å². The molecule has 0 spiro atoms. The van der Waals surface area contributed by atoms with Crippen molar-refractivity contribution in [3.05, 3.63) is 40.8 Å². The lowest BCUT2D eigenvalue weighted by molar-refractivity contribution is 0.134. The summed E-state index contributed by atoms with van der Waals surface area (Å²) in [6.07, 6.45) is 1.40. The SMILES string of the molecule is CCOCc1c(-c2cc3cc(C)cc(OC)c3s2)c2c(N)ncnn2c1Cl. The lowest BCUT2D eigenvalue weighted by atomic mass is 10.1. The van der Waals surface area contributed by atoms with E-state index in [2.05, 4.69) is 29.1 Å². The average Bonchev–Trinajstić information content (AvgIpc) is 3.19. The number of thiophene rings is 1.